The van der Waals surface area contributed by atoms with Crippen LogP contribution in [-0.2, 0) is 19.5 Å². The monoisotopic (exact) mass is 386 g/mol. The predicted octanol–water partition coefficient (Wildman–Crippen LogP) is 3.62. The molecule has 0 N–H and O–H groups in total. The Morgan fingerprint density at radius 3 is 2.79 bits per heavy atom. The molecule has 4 aromatic heterocycles. The molecule has 0 saturated heterocycles. The molecule has 0 amide bonds. The van der Waals surface area contributed by atoms with Crippen molar-refractivity contribution in [3.8, 4) is 22.0 Å². The molecule has 1 aliphatic rings. The van der Waals surface area contributed by atoms with E-state index in [0.29, 0.717) is 5.82 Å². The van der Waals surface area contributed by atoms with E-state index in [9.17, 15) is 0 Å². The van der Waals surface area contributed by atoms with Crippen LogP contribution >= 0.6 is 11.3 Å². The number of nitrogens with zero attached hydrogens (tertiary/aromatic N) is 6. The maximum atomic E-state index is 4.84. The highest BCUT2D eigenvalue weighted by Crippen LogP contribution is 2.24. The molecule has 28 heavy (non-hydrogen) atoms. The van der Waals surface area contributed by atoms with Crippen molar-refractivity contribution in [1.29, 1.82) is 0 Å². The molecule has 4 aromatic rings. The number of hydrogen-bond acceptors (Lipinski definition) is 7. The SMILES string of the molecule is c1cc(CN2CCc3nc(-c4cncnc4)ncc3C2)nc(-c2cccs2)c1. The summed E-state index contributed by atoms with van der Waals surface area (Å²) in [6, 6.07) is 10.4. The Morgan fingerprint density at radius 1 is 1.00 bits per heavy atom. The van der Waals surface area contributed by atoms with Gasteiger partial charge >= 0.3 is 0 Å². The first-order valence-electron chi connectivity index (χ1n) is 9.17. The van der Waals surface area contributed by atoms with Crippen LogP contribution in [0.3, 0.4) is 0 Å². The zero-order chi connectivity index (χ0) is 18.8. The molecule has 0 radical (unpaired) electrons. The van der Waals surface area contributed by atoms with Crippen LogP contribution in [0.4, 0.5) is 0 Å². The maximum Gasteiger partial charge on any atom is 0.162 e. The van der Waals surface area contributed by atoms with Gasteiger partial charge in [-0.1, -0.05) is 12.1 Å². The van der Waals surface area contributed by atoms with Crippen LogP contribution < -0.4 is 0 Å². The zero-order valence-electron chi connectivity index (χ0n) is 15.2. The van der Waals surface area contributed by atoms with Crippen LogP contribution in [0.2, 0.25) is 0 Å². The van der Waals surface area contributed by atoms with Crippen molar-refractivity contribution in [1.82, 2.24) is 29.8 Å². The molecule has 7 heteroatoms. The number of aromatic nitrogens is 5. The first-order valence-corrected chi connectivity index (χ1v) is 10.1. The van der Waals surface area contributed by atoms with E-state index >= 15 is 0 Å². The normalized spacial score (nSPS) is 14.0. The van der Waals surface area contributed by atoms with Crippen LogP contribution in [0.15, 0.2) is 60.6 Å². The number of hydrogen-bond donors (Lipinski definition) is 0. The summed E-state index contributed by atoms with van der Waals surface area (Å²) in [6.45, 7) is 2.62. The van der Waals surface area contributed by atoms with Crippen molar-refractivity contribution in [3.05, 3.63) is 77.6 Å². The molecular formula is C21H18N6S. The molecule has 5 heterocycles. The lowest BCUT2D eigenvalue weighted by atomic mass is 10.1. The Hall–Kier alpha value is -3.03. The Morgan fingerprint density at radius 2 is 1.93 bits per heavy atom. The molecule has 5 rings (SSSR count). The maximum absolute atomic E-state index is 4.84. The van der Waals surface area contributed by atoms with Crippen molar-refractivity contribution in [2.45, 2.75) is 19.5 Å². The highest BCUT2D eigenvalue weighted by molar-refractivity contribution is 7.13. The number of thiophene rings is 1. The number of rotatable bonds is 4. The molecule has 0 spiro atoms. The van der Waals surface area contributed by atoms with Gasteiger partial charge in [0.25, 0.3) is 0 Å². The van der Waals surface area contributed by atoms with E-state index in [1.807, 2.05) is 6.20 Å². The highest BCUT2D eigenvalue weighted by atomic mass is 32.1. The Balaban J connectivity index is 1.32. The quantitative estimate of drug-likeness (QED) is 0.534. The van der Waals surface area contributed by atoms with Gasteiger partial charge in [0.1, 0.15) is 6.33 Å². The van der Waals surface area contributed by atoms with Crippen molar-refractivity contribution < 1.29 is 0 Å². The van der Waals surface area contributed by atoms with Gasteiger partial charge in [-0.05, 0) is 23.6 Å². The molecule has 0 fully saturated rings. The molecule has 6 nitrogen and oxygen atoms in total. The average molecular weight is 386 g/mol. The second-order valence-corrected chi connectivity index (χ2v) is 7.69. The Kier molecular flexibility index (Phi) is 4.60. The number of fused-ring (bicyclic) bond motifs is 1. The lowest BCUT2D eigenvalue weighted by Gasteiger charge is -2.27. The summed E-state index contributed by atoms with van der Waals surface area (Å²) in [5.74, 6) is 0.693. The summed E-state index contributed by atoms with van der Waals surface area (Å²) in [7, 11) is 0. The lowest BCUT2D eigenvalue weighted by Crippen LogP contribution is -2.31. The van der Waals surface area contributed by atoms with E-state index < -0.39 is 0 Å². The summed E-state index contributed by atoms with van der Waals surface area (Å²) in [4.78, 5) is 25.8. The Labute approximate surface area is 167 Å². The van der Waals surface area contributed by atoms with Gasteiger partial charge < -0.3 is 0 Å². The van der Waals surface area contributed by atoms with Crippen molar-refractivity contribution in [2.24, 2.45) is 0 Å². The van der Waals surface area contributed by atoms with E-state index in [1.165, 1.54) is 16.8 Å². The van der Waals surface area contributed by atoms with E-state index in [0.717, 1.165) is 48.7 Å². The lowest BCUT2D eigenvalue weighted by molar-refractivity contribution is 0.240. The summed E-state index contributed by atoms with van der Waals surface area (Å²) >= 11 is 1.72. The molecule has 138 valence electrons. The second-order valence-electron chi connectivity index (χ2n) is 6.74. The minimum atomic E-state index is 0.693. The van der Waals surface area contributed by atoms with Crippen molar-refractivity contribution >= 4 is 11.3 Å². The fourth-order valence-electron chi connectivity index (χ4n) is 3.42. The summed E-state index contributed by atoms with van der Waals surface area (Å²) in [6.07, 6.45) is 7.85. The molecule has 0 bridgehead atoms. The predicted molar refractivity (Wildman–Crippen MR) is 108 cm³/mol. The zero-order valence-corrected chi connectivity index (χ0v) is 16.0. The summed E-state index contributed by atoms with van der Waals surface area (Å²) in [5.41, 5.74) is 5.28. The molecule has 1 aliphatic heterocycles. The van der Waals surface area contributed by atoms with E-state index in [1.54, 1.807) is 23.7 Å². The summed E-state index contributed by atoms with van der Waals surface area (Å²) < 4.78 is 0. The highest BCUT2D eigenvalue weighted by Gasteiger charge is 2.19. The molecule has 0 aromatic carbocycles. The van der Waals surface area contributed by atoms with Gasteiger partial charge in [0, 0.05) is 50.2 Å². The van der Waals surface area contributed by atoms with Gasteiger partial charge in [-0.15, -0.1) is 11.3 Å². The molecule has 0 atom stereocenters. The second kappa shape index (κ2) is 7.53. The van der Waals surface area contributed by atoms with Gasteiger partial charge in [0.05, 0.1) is 27.5 Å². The van der Waals surface area contributed by atoms with Crippen LogP contribution in [-0.4, -0.2) is 36.4 Å². The molecule has 0 unspecified atom stereocenters. The smallest absolute Gasteiger partial charge is 0.162 e. The standard InChI is InChI=1S/C21H18N6S/c1-3-17(25-19(4-1)20-5-2-8-28-20)13-27-7-6-18-16(12-27)11-24-21(26-18)15-9-22-14-23-10-15/h1-5,8-11,14H,6-7,12-13H2. The third-order valence-electron chi connectivity index (χ3n) is 4.80. The van der Waals surface area contributed by atoms with Crippen molar-refractivity contribution in [2.75, 3.05) is 6.54 Å². The van der Waals surface area contributed by atoms with Gasteiger partial charge in [-0.3, -0.25) is 9.88 Å². The van der Waals surface area contributed by atoms with Crippen LogP contribution in [0.1, 0.15) is 17.0 Å². The van der Waals surface area contributed by atoms with E-state index in [2.05, 4.69) is 55.6 Å². The molecule has 0 aliphatic carbocycles. The van der Waals surface area contributed by atoms with Gasteiger partial charge in [-0.2, -0.15) is 0 Å². The third kappa shape index (κ3) is 3.54. The summed E-state index contributed by atoms with van der Waals surface area (Å²) in [5, 5.41) is 2.08. The molecule has 0 saturated carbocycles. The minimum absolute atomic E-state index is 0.693. The van der Waals surface area contributed by atoms with Crippen LogP contribution in [0, 0.1) is 0 Å². The van der Waals surface area contributed by atoms with E-state index in [-0.39, 0.29) is 0 Å². The van der Waals surface area contributed by atoms with E-state index in [4.69, 9.17) is 9.97 Å². The van der Waals surface area contributed by atoms with Gasteiger partial charge in [0.15, 0.2) is 5.82 Å². The van der Waals surface area contributed by atoms with Crippen LogP contribution in [0.5, 0.6) is 0 Å². The Bertz CT molecular complexity index is 1080. The first-order chi connectivity index (χ1) is 13.8. The number of pyridine rings is 1. The van der Waals surface area contributed by atoms with Gasteiger partial charge in [-0.25, -0.2) is 19.9 Å². The fraction of sp³-hybridized carbons (Fsp3) is 0.190. The molecular weight excluding hydrogens is 368 g/mol. The average Bonchev–Trinajstić information content (AvgIpc) is 3.29. The van der Waals surface area contributed by atoms with Gasteiger partial charge in [0.2, 0.25) is 0 Å². The fourth-order valence-corrected chi connectivity index (χ4v) is 4.12. The third-order valence-corrected chi connectivity index (χ3v) is 5.69. The van der Waals surface area contributed by atoms with Crippen molar-refractivity contribution in [3.63, 3.8) is 0 Å². The topological polar surface area (TPSA) is 67.7 Å². The van der Waals surface area contributed by atoms with Crippen LogP contribution in [0.25, 0.3) is 22.0 Å². The largest absolute Gasteiger partial charge is 0.293 e. The minimum Gasteiger partial charge on any atom is -0.293 e. The first kappa shape index (κ1) is 17.1.